The Hall–Kier alpha value is -3.54. The van der Waals surface area contributed by atoms with Crippen molar-refractivity contribution < 1.29 is 18.7 Å². The Balaban J connectivity index is 1.65. The van der Waals surface area contributed by atoms with Gasteiger partial charge in [-0.1, -0.05) is 12.1 Å². The van der Waals surface area contributed by atoms with Gasteiger partial charge in [-0.3, -0.25) is 4.79 Å². The number of benzene rings is 2. The molecule has 0 saturated carbocycles. The average molecular weight is 378 g/mol. The molecular formula is C22H19FN2O3. The van der Waals surface area contributed by atoms with Gasteiger partial charge in [0, 0.05) is 6.20 Å². The Morgan fingerprint density at radius 3 is 2.61 bits per heavy atom. The van der Waals surface area contributed by atoms with Gasteiger partial charge in [-0.25, -0.2) is 4.39 Å². The van der Waals surface area contributed by atoms with E-state index in [9.17, 15) is 9.18 Å². The quantitative estimate of drug-likeness (QED) is 0.629. The van der Waals surface area contributed by atoms with Crippen LogP contribution in [0.3, 0.4) is 0 Å². The van der Waals surface area contributed by atoms with E-state index < -0.39 is 0 Å². The molecule has 1 amide bonds. The van der Waals surface area contributed by atoms with Gasteiger partial charge in [-0.15, -0.1) is 0 Å². The van der Waals surface area contributed by atoms with Gasteiger partial charge >= 0.3 is 0 Å². The number of aromatic nitrogens is 1. The molecule has 3 aromatic rings. The number of methoxy groups -OCH3 is 1. The Kier molecular flexibility index (Phi) is 4.85. The molecule has 0 aliphatic carbocycles. The molecule has 0 unspecified atom stereocenters. The molecule has 6 heteroatoms. The lowest BCUT2D eigenvalue weighted by molar-refractivity contribution is -0.129. The van der Waals surface area contributed by atoms with E-state index in [-0.39, 0.29) is 24.8 Å². The fourth-order valence-electron chi connectivity index (χ4n) is 3.18. The van der Waals surface area contributed by atoms with Gasteiger partial charge in [0.15, 0.2) is 0 Å². The van der Waals surface area contributed by atoms with Crippen LogP contribution in [-0.4, -0.2) is 22.5 Å². The minimum absolute atomic E-state index is 0.0856. The van der Waals surface area contributed by atoms with Crippen LogP contribution in [-0.2, 0) is 17.9 Å². The van der Waals surface area contributed by atoms with E-state index in [0.29, 0.717) is 17.0 Å². The first-order chi connectivity index (χ1) is 13.6. The highest BCUT2D eigenvalue weighted by Crippen LogP contribution is 2.28. The minimum Gasteiger partial charge on any atom is -0.497 e. The van der Waals surface area contributed by atoms with Gasteiger partial charge in [0.05, 0.1) is 19.3 Å². The summed E-state index contributed by atoms with van der Waals surface area (Å²) in [7, 11) is 1.60. The second kappa shape index (κ2) is 7.60. The molecule has 2 aromatic carbocycles. The number of carbonyl (C=O) groups excluding carboxylic acids is 1. The van der Waals surface area contributed by atoms with Crippen LogP contribution in [0.2, 0.25) is 0 Å². The number of fused-ring (bicyclic) bond motifs is 1. The van der Waals surface area contributed by atoms with Gasteiger partial charge in [-0.2, -0.15) is 0 Å². The fraction of sp³-hybridized carbons (Fsp3) is 0.136. The summed E-state index contributed by atoms with van der Waals surface area (Å²) in [5, 5.41) is 0. The van der Waals surface area contributed by atoms with E-state index >= 15 is 0 Å². The Bertz CT molecular complexity index is 1020. The van der Waals surface area contributed by atoms with Gasteiger partial charge in [0.1, 0.15) is 35.8 Å². The number of hydrogen-bond donors (Lipinski definition) is 0. The van der Waals surface area contributed by atoms with Crippen molar-refractivity contribution in [2.24, 2.45) is 0 Å². The van der Waals surface area contributed by atoms with Gasteiger partial charge < -0.3 is 18.9 Å². The zero-order valence-corrected chi connectivity index (χ0v) is 15.3. The Morgan fingerprint density at radius 2 is 1.86 bits per heavy atom. The van der Waals surface area contributed by atoms with Crippen LogP contribution in [0, 0.1) is 5.82 Å². The van der Waals surface area contributed by atoms with Gasteiger partial charge in [0.2, 0.25) is 5.91 Å². The largest absolute Gasteiger partial charge is 0.497 e. The predicted molar refractivity (Wildman–Crippen MR) is 103 cm³/mol. The van der Waals surface area contributed by atoms with Crippen LogP contribution in [0.25, 0.3) is 5.70 Å². The maximum atomic E-state index is 13.6. The molecule has 0 saturated heterocycles. The van der Waals surface area contributed by atoms with Gasteiger partial charge in [0.25, 0.3) is 0 Å². The summed E-state index contributed by atoms with van der Waals surface area (Å²) < 4.78 is 26.4. The molecule has 28 heavy (non-hydrogen) atoms. The number of hydrogen-bond acceptors (Lipinski definition) is 3. The molecule has 0 atom stereocenters. The lowest BCUT2D eigenvalue weighted by atomic mass is 10.1. The highest BCUT2D eigenvalue weighted by atomic mass is 19.1. The number of carbonyl (C=O) groups is 1. The maximum absolute atomic E-state index is 13.6. The summed E-state index contributed by atoms with van der Waals surface area (Å²) >= 11 is 0. The van der Waals surface area contributed by atoms with Crippen LogP contribution in [0.15, 0.2) is 73.1 Å². The predicted octanol–water partition coefficient (Wildman–Crippen LogP) is 4.06. The van der Waals surface area contributed by atoms with E-state index in [0.717, 1.165) is 11.4 Å². The Morgan fingerprint density at radius 1 is 1.07 bits per heavy atom. The second-order valence-electron chi connectivity index (χ2n) is 6.43. The molecule has 4 rings (SSSR count). The van der Waals surface area contributed by atoms with E-state index in [2.05, 4.69) is 0 Å². The monoisotopic (exact) mass is 378 g/mol. The molecule has 2 heterocycles. The summed E-state index contributed by atoms with van der Waals surface area (Å²) in [5.74, 6) is 0.937. The lowest BCUT2D eigenvalue weighted by Gasteiger charge is -2.31. The van der Waals surface area contributed by atoms with Crippen LogP contribution in [0.5, 0.6) is 11.5 Å². The third kappa shape index (κ3) is 3.62. The number of halogens is 1. The molecule has 1 aliphatic rings. The van der Waals surface area contributed by atoms with Crippen LogP contribution in [0.4, 0.5) is 4.39 Å². The van der Waals surface area contributed by atoms with Crippen molar-refractivity contribution in [3.8, 4) is 11.5 Å². The molecule has 0 N–H and O–H groups in total. The normalized spacial score (nSPS) is 14.9. The fourth-order valence-corrected chi connectivity index (χ4v) is 3.18. The van der Waals surface area contributed by atoms with E-state index in [1.807, 2.05) is 22.9 Å². The van der Waals surface area contributed by atoms with Crippen LogP contribution in [0.1, 0.15) is 11.3 Å². The SMILES string of the molecule is COc1ccc(O/C=C2/c3cccn3CC(=O)N2Cc2cccc(F)c2)cc1. The van der Waals surface area contributed by atoms with Crippen molar-refractivity contribution in [2.45, 2.75) is 13.1 Å². The lowest BCUT2D eigenvalue weighted by Crippen LogP contribution is -2.37. The molecule has 1 aliphatic heterocycles. The number of ether oxygens (including phenoxy) is 2. The molecule has 0 bridgehead atoms. The van der Waals surface area contributed by atoms with Crippen LogP contribution < -0.4 is 9.47 Å². The first-order valence-corrected chi connectivity index (χ1v) is 8.85. The second-order valence-corrected chi connectivity index (χ2v) is 6.43. The highest BCUT2D eigenvalue weighted by molar-refractivity contribution is 5.89. The average Bonchev–Trinajstić information content (AvgIpc) is 3.16. The summed E-state index contributed by atoms with van der Waals surface area (Å²) in [4.78, 5) is 14.4. The smallest absolute Gasteiger partial charge is 0.247 e. The van der Waals surface area contributed by atoms with E-state index in [1.165, 1.54) is 12.1 Å². The molecule has 0 fully saturated rings. The molecule has 0 spiro atoms. The topological polar surface area (TPSA) is 43.7 Å². The zero-order chi connectivity index (χ0) is 19.5. The molecular weight excluding hydrogens is 359 g/mol. The first-order valence-electron chi connectivity index (χ1n) is 8.85. The number of nitrogens with zero attached hydrogens (tertiary/aromatic N) is 2. The van der Waals surface area contributed by atoms with Crippen LogP contribution >= 0.6 is 0 Å². The molecule has 142 valence electrons. The maximum Gasteiger partial charge on any atom is 0.247 e. The number of rotatable bonds is 5. The standard InChI is InChI=1S/C22H19FN2O3/c1-27-18-7-9-19(10-8-18)28-15-21-20-6-3-11-24(20)14-22(26)25(21)13-16-4-2-5-17(23)12-16/h2-12,15H,13-14H2,1H3/b21-15-. The van der Waals surface area contributed by atoms with Gasteiger partial charge in [-0.05, 0) is 54.1 Å². The van der Waals surface area contributed by atoms with Crippen molar-refractivity contribution >= 4 is 11.6 Å². The zero-order valence-electron chi connectivity index (χ0n) is 15.3. The van der Waals surface area contributed by atoms with E-state index in [4.69, 9.17) is 9.47 Å². The first kappa shape index (κ1) is 17.9. The summed E-state index contributed by atoms with van der Waals surface area (Å²) in [6.45, 7) is 0.497. The summed E-state index contributed by atoms with van der Waals surface area (Å²) in [5.41, 5.74) is 2.20. The Labute approximate surface area is 162 Å². The third-order valence-corrected chi connectivity index (χ3v) is 4.59. The number of amides is 1. The molecule has 1 aromatic heterocycles. The van der Waals surface area contributed by atoms with E-state index in [1.54, 1.807) is 54.7 Å². The highest BCUT2D eigenvalue weighted by Gasteiger charge is 2.28. The molecule has 5 nitrogen and oxygen atoms in total. The summed E-state index contributed by atoms with van der Waals surface area (Å²) in [6.07, 6.45) is 3.41. The minimum atomic E-state index is -0.328. The molecule has 0 radical (unpaired) electrons. The summed E-state index contributed by atoms with van der Waals surface area (Å²) in [6, 6.07) is 17.2. The van der Waals surface area contributed by atoms with Crippen molar-refractivity contribution in [3.63, 3.8) is 0 Å². The van der Waals surface area contributed by atoms with Crippen molar-refractivity contribution in [3.05, 3.63) is 90.2 Å². The van der Waals surface area contributed by atoms with Crippen molar-refractivity contribution in [1.29, 1.82) is 0 Å². The third-order valence-electron chi connectivity index (χ3n) is 4.59. The van der Waals surface area contributed by atoms with Crippen molar-refractivity contribution in [1.82, 2.24) is 9.47 Å². The van der Waals surface area contributed by atoms with Crippen molar-refractivity contribution in [2.75, 3.05) is 7.11 Å².